The first-order valence-electron chi connectivity index (χ1n) is 7.71. The molecule has 6 nitrogen and oxygen atoms in total. The molecule has 0 spiro atoms. The molecule has 0 unspecified atom stereocenters. The van der Waals surface area contributed by atoms with E-state index in [0.29, 0.717) is 27.1 Å². The van der Waals surface area contributed by atoms with Crippen LogP contribution in [0.1, 0.15) is 17.9 Å². The number of nitrogens with zero attached hydrogens (tertiary/aromatic N) is 3. The minimum absolute atomic E-state index is 0.0491. The lowest BCUT2D eigenvalue weighted by Gasteiger charge is -2.09. The van der Waals surface area contributed by atoms with Gasteiger partial charge in [-0.05, 0) is 53.4 Å². The molecule has 0 saturated heterocycles. The first-order valence-corrected chi connectivity index (χ1v) is 8.47. The fraction of sp³-hybridized carbons (Fsp3) is 0.176. The van der Waals surface area contributed by atoms with E-state index >= 15 is 0 Å². The van der Waals surface area contributed by atoms with Gasteiger partial charge in [0.1, 0.15) is 0 Å². The Morgan fingerprint density at radius 1 is 1.12 bits per heavy atom. The monoisotopic (exact) mass is 373 g/mol. The Labute approximate surface area is 153 Å². The predicted octanol–water partition coefficient (Wildman–Crippen LogP) is 3.92. The largest absolute Gasteiger partial charge is 0.325 e. The Hall–Kier alpha value is -2.44. The van der Waals surface area contributed by atoms with Crippen molar-refractivity contribution >= 4 is 34.8 Å². The summed E-state index contributed by atoms with van der Waals surface area (Å²) in [5.74, 6) is 0.493. The lowest BCUT2D eigenvalue weighted by Crippen LogP contribution is -2.15. The van der Waals surface area contributed by atoms with Crippen LogP contribution < -0.4 is 5.32 Å². The summed E-state index contributed by atoms with van der Waals surface area (Å²) in [5, 5.41) is 18.0. The van der Waals surface area contributed by atoms with Crippen molar-refractivity contribution < 1.29 is 4.79 Å². The quantitative estimate of drug-likeness (QED) is 0.725. The highest BCUT2D eigenvalue weighted by Gasteiger charge is 2.44. The van der Waals surface area contributed by atoms with E-state index in [1.165, 1.54) is 0 Å². The molecule has 0 aliphatic heterocycles. The van der Waals surface area contributed by atoms with E-state index in [9.17, 15) is 4.79 Å². The van der Waals surface area contributed by atoms with Gasteiger partial charge in [-0.1, -0.05) is 35.3 Å². The van der Waals surface area contributed by atoms with Crippen LogP contribution >= 0.6 is 23.2 Å². The summed E-state index contributed by atoms with van der Waals surface area (Å²) >= 11 is 12.0. The van der Waals surface area contributed by atoms with Crippen molar-refractivity contribution in [2.45, 2.75) is 12.3 Å². The summed E-state index contributed by atoms with van der Waals surface area (Å²) < 4.78 is 0. The number of aromatic amines is 1. The van der Waals surface area contributed by atoms with Crippen LogP contribution in [0.5, 0.6) is 0 Å². The number of anilines is 1. The summed E-state index contributed by atoms with van der Waals surface area (Å²) in [7, 11) is 0. The number of amides is 1. The van der Waals surface area contributed by atoms with Crippen LogP contribution in [0.4, 0.5) is 5.69 Å². The van der Waals surface area contributed by atoms with Gasteiger partial charge in [0.05, 0.1) is 5.69 Å². The van der Waals surface area contributed by atoms with Crippen molar-refractivity contribution in [1.82, 2.24) is 20.6 Å². The second-order valence-electron chi connectivity index (χ2n) is 5.91. The summed E-state index contributed by atoms with van der Waals surface area (Å²) in [6.45, 7) is 0. The summed E-state index contributed by atoms with van der Waals surface area (Å²) in [6.07, 6.45) is 0.811. The predicted molar refractivity (Wildman–Crippen MR) is 95.6 cm³/mol. The summed E-state index contributed by atoms with van der Waals surface area (Å²) in [6, 6.07) is 12.8. The molecule has 3 aromatic rings. The number of rotatable bonds is 4. The van der Waals surface area contributed by atoms with Crippen LogP contribution in [0.2, 0.25) is 10.0 Å². The number of nitrogens with one attached hydrogen (secondary N) is 2. The number of hydrogen-bond acceptors (Lipinski definition) is 4. The van der Waals surface area contributed by atoms with Gasteiger partial charge >= 0.3 is 0 Å². The normalized spacial score (nSPS) is 18.8. The molecule has 25 heavy (non-hydrogen) atoms. The maximum absolute atomic E-state index is 12.6. The first-order chi connectivity index (χ1) is 12.1. The maximum Gasteiger partial charge on any atom is 0.228 e. The average Bonchev–Trinajstić information content (AvgIpc) is 3.22. The molecular weight excluding hydrogens is 361 g/mol. The molecule has 2 aromatic carbocycles. The van der Waals surface area contributed by atoms with E-state index in [0.717, 1.165) is 12.0 Å². The van der Waals surface area contributed by atoms with Gasteiger partial charge in [0.15, 0.2) is 0 Å². The maximum atomic E-state index is 12.6. The van der Waals surface area contributed by atoms with Crippen molar-refractivity contribution in [3.8, 4) is 11.4 Å². The highest BCUT2D eigenvalue weighted by molar-refractivity contribution is 6.31. The minimum atomic E-state index is -0.0710. The van der Waals surface area contributed by atoms with Crippen molar-refractivity contribution in [2.24, 2.45) is 5.92 Å². The number of tetrazole rings is 1. The molecule has 2 N–H and O–H groups in total. The molecule has 1 fully saturated rings. The standard InChI is InChI=1S/C17H13Cl2N5O/c18-10-3-1-9(2-4-10)13-8-14(13)17(25)20-15-7-11(19)5-6-12(15)16-21-23-24-22-16/h1-7,13-14H,8H2,(H,20,25)(H,21,22,23,24)/t13-,14+/m0/s1. The van der Waals surface area contributed by atoms with E-state index in [-0.39, 0.29) is 17.7 Å². The third-order valence-electron chi connectivity index (χ3n) is 4.25. The van der Waals surface area contributed by atoms with Crippen LogP contribution in [-0.4, -0.2) is 26.5 Å². The first kappa shape index (κ1) is 16.1. The second kappa shape index (κ2) is 6.46. The number of H-pyrrole nitrogens is 1. The van der Waals surface area contributed by atoms with Crippen LogP contribution in [0.3, 0.4) is 0 Å². The Morgan fingerprint density at radius 2 is 1.88 bits per heavy atom. The molecule has 4 rings (SSSR count). The third-order valence-corrected chi connectivity index (χ3v) is 4.74. The van der Waals surface area contributed by atoms with E-state index in [1.807, 2.05) is 24.3 Å². The van der Waals surface area contributed by atoms with Gasteiger partial charge < -0.3 is 5.32 Å². The number of halogens is 2. The van der Waals surface area contributed by atoms with Crippen LogP contribution in [0.15, 0.2) is 42.5 Å². The highest BCUT2D eigenvalue weighted by Crippen LogP contribution is 2.48. The molecule has 1 aliphatic carbocycles. The van der Waals surface area contributed by atoms with Crippen LogP contribution in [0.25, 0.3) is 11.4 Å². The second-order valence-corrected chi connectivity index (χ2v) is 6.79. The Balaban J connectivity index is 1.52. The van der Waals surface area contributed by atoms with Gasteiger partial charge in [-0.2, -0.15) is 5.21 Å². The highest BCUT2D eigenvalue weighted by atomic mass is 35.5. The molecular formula is C17H13Cl2N5O. The average molecular weight is 374 g/mol. The zero-order chi connectivity index (χ0) is 17.4. The van der Waals surface area contributed by atoms with Gasteiger partial charge in [-0.15, -0.1) is 10.2 Å². The Kier molecular flexibility index (Phi) is 4.15. The van der Waals surface area contributed by atoms with Gasteiger partial charge in [-0.3, -0.25) is 4.79 Å². The molecule has 8 heteroatoms. The molecule has 2 atom stereocenters. The zero-order valence-electron chi connectivity index (χ0n) is 12.9. The smallest absolute Gasteiger partial charge is 0.228 e. The van der Waals surface area contributed by atoms with E-state index in [1.54, 1.807) is 18.2 Å². The van der Waals surface area contributed by atoms with E-state index in [4.69, 9.17) is 23.2 Å². The minimum Gasteiger partial charge on any atom is -0.325 e. The number of carbonyl (C=O) groups is 1. The van der Waals surface area contributed by atoms with Gasteiger partial charge in [-0.25, -0.2) is 0 Å². The number of benzene rings is 2. The molecule has 0 bridgehead atoms. The molecule has 1 saturated carbocycles. The van der Waals surface area contributed by atoms with E-state index in [2.05, 4.69) is 25.9 Å². The fourth-order valence-corrected chi connectivity index (χ4v) is 3.18. The summed E-state index contributed by atoms with van der Waals surface area (Å²) in [4.78, 5) is 12.6. The van der Waals surface area contributed by atoms with E-state index < -0.39 is 0 Å². The van der Waals surface area contributed by atoms with Crippen molar-refractivity contribution in [2.75, 3.05) is 5.32 Å². The Bertz CT molecular complexity index is 911. The lowest BCUT2D eigenvalue weighted by atomic mass is 10.1. The number of hydrogen-bond donors (Lipinski definition) is 2. The molecule has 1 aliphatic rings. The topological polar surface area (TPSA) is 83.6 Å². The van der Waals surface area contributed by atoms with Crippen molar-refractivity contribution in [3.63, 3.8) is 0 Å². The third kappa shape index (κ3) is 3.36. The fourth-order valence-electron chi connectivity index (χ4n) is 2.88. The van der Waals surface area contributed by atoms with Crippen LogP contribution in [0, 0.1) is 5.92 Å². The SMILES string of the molecule is O=C(Nc1cc(Cl)ccc1-c1nn[nH]n1)[C@@H]1C[C@H]1c1ccc(Cl)cc1. The van der Waals surface area contributed by atoms with Gasteiger partial charge in [0.25, 0.3) is 0 Å². The molecule has 1 aromatic heterocycles. The lowest BCUT2D eigenvalue weighted by molar-refractivity contribution is -0.117. The molecule has 1 amide bonds. The number of aromatic nitrogens is 4. The van der Waals surface area contributed by atoms with Crippen molar-refractivity contribution in [3.05, 3.63) is 58.1 Å². The molecule has 0 radical (unpaired) electrons. The van der Waals surface area contributed by atoms with Crippen LogP contribution in [-0.2, 0) is 4.79 Å². The van der Waals surface area contributed by atoms with Gasteiger partial charge in [0, 0.05) is 21.5 Å². The zero-order valence-corrected chi connectivity index (χ0v) is 14.4. The van der Waals surface area contributed by atoms with Crippen molar-refractivity contribution in [1.29, 1.82) is 0 Å². The molecule has 126 valence electrons. The molecule has 1 heterocycles. The summed E-state index contributed by atoms with van der Waals surface area (Å²) in [5.41, 5.74) is 2.35. The number of carbonyl (C=O) groups excluding carboxylic acids is 1. The Morgan fingerprint density at radius 3 is 2.60 bits per heavy atom. The van der Waals surface area contributed by atoms with Gasteiger partial charge in [0.2, 0.25) is 11.7 Å².